The van der Waals surface area contributed by atoms with Gasteiger partial charge in [-0.3, -0.25) is 9.36 Å². The largest absolute Gasteiger partial charge is 0.324 e. The van der Waals surface area contributed by atoms with Crippen molar-refractivity contribution in [2.75, 3.05) is 5.32 Å². The molecule has 0 aliphatic rings. The normalized spacial score (nSPS) is 11.0. The average molecular weight is 411 g/mol. The highest BCUT2D eigenvalue weighted by molar-refractivity contribution is 6.30. The molecule has 0 radical (unpaired) electrons. The first kappa shape index (κ1) is 18.5. The third-order valence-corrected chi connectivity index (χ3v) is 4.93. The molecule has 2 aromatic carbocycles. The van der Waals surface area contributed by atoms with Gasteiger partial charge in [0.2, 0.25) is 5.95 Å². The van der Waals surface area contributed by atoms with Crippen molar-refractivity contribution in [3.8, 4) is 0 Å². The highest BCUT2D eigenvalue weighted by Crippen LogP contribution is 2.19. The molecule has 140 valence electrons. The third-order valence-electron chi connectivity index (χ3n) is 4.43. The molecule has 5 nitrogen and oxygen atoms in total. The van der Waals surface area contributed by atoms with Gasteiger partial charge in [0, 0.05) is 46.3 Å². The Labute approximate surface area is 171 Å². The summed E-state index contributed by atoms with van der Waals surface area (Å²) in [5, 5.41) is 5.24. The first-order valence-electron chi connectivity index (χ1n) is 8.62. The molecule has 0 aliphatic carbocycles. The van der Waals surface area contributed by atoms with E-state index in [0.29, 0.717) is 33.6 Å². The molecular formula is C21H16Cl2N4O. The Morgan fingerprint density at radius 3 is 2.32 bits per heavy atom. The maximum Gasteiger partial charge on any atom is 0.255 e. The summed E-state index contributed by atoms with van der Waals surface area (Å²) in [6.07, 6.45) is 2.23. The van der Waals surface area contributed by atoms with Gasteiger partial charge in [0.05, 0.1) is 0 Å². The Balaban J connectivity index is 1.68. The number of nitrogens with one attached hydrogen (secondary N) is 1. The number of pyridine rings is 1. The molecule has 0 fully saturated rings. The fourth-order valence-corrected chi connectivity index (χ4v) is 3.24. The Hall–Kier alpha value is -2.89. The van der Waals surface area contributed by atoms with E-state index in [0.717, 1.165) is 16.6 Å². The number of halogens is 2. The molecule has 7 heteroatoms. The van der Waals surface area contributed by atoms with E-state index in [9.17, 15) is 4.79 Å². The monoisotopic (exact) mass is 410 g/mol. The molecule has 0 bridgehead atoms. The van der Waals surface area contributed by atoms with Crippen molar-refractivity contribution in [1.29, 1.82) is 0 Å². The Morgan fingerprint density at radius 1 is 1.00 bits per heavy atom. The summed E-state index contributed by atoms with van der Waals surface area (Å²) in [4.78, 5) is 21.7. The number of hydrogen-bond donors (Lipinski definition) is 1. The lowest BCUT2D eigenvalue weighted by atomic mass is 10.1. The van der Waals surface area contributed by atoms with Gasteiger partial charge in [-0.05, 0) is 48.0 Å². The maximum absolute atomic E-state index is 12.8. The minimum absolute atomic E-state index is 0.0846. The van der Waals surface area contributed by atoms with Crippen molar-refractivity contribution in [3.05, 3.63) is 92.3 Å². The van der Waals surface area contributed by atoms with E-state index >= 15 is 0 Å². The summed E-state index contributed by atoms with van der Waals surface area (Å²) >= 11 is 11.8. The van der Waals surface area contributed by atoms with E-state index in [1.54, 1.807) is 29.9 Å². The van der Waals surface area contributed by atoms with Gasteiger partial charge >= 0.3 is 0 Å². The topological polar surface area (TPSA) is 59.8 Å². The lowest BCUT2D eigenvalue weighted by Crippen LogP contribution is -2.22. The summed E-state index contributed by atoms with van der Waals surface area (Å²) in [6.45, 7) is 0. The standard InChI is InChI=1S/C21H16Cl2N4O/c1-27-19-15(11-14(20(27)28)10-13-2-4-16(22)5-3-13)12-24-21(26-19)25-18-8-6-17(23)7-9-18/h2-9,11-12H,10H2,1H3,(H,24,25,26). The summed E-state index contributed by atoms with van der Waals surface area (Å²) < 4.78 is 1.55. The van der Waals surface area contributed by atoms with Crippen LogP contribution in [0.15, 0.2) is 65.6 Å². The first-order chi connectivity index (χ1) is 13.5. The highest BCUT2D eigenvalue weighted by Gasteiger charge is 2.10. The van der Waals surface area contributed by atoms with Gasteiger partial charge < -0.3 is 5.32 Å². The molecule has 0 aliphatic heterocycles. The fourth-order valence-electron chi connectivity index (χ4n) is 2.99. The number of rotatable bonds is 4. The molecule has 1 N–H and O–H groups in total. The minimum atomic E-state index is -0.0846. The Bertz CT molecular complexity index is 1200. The predicted molar refractivity (Wildman–Crippen MR) is 114 cm³/mol. The number of nitrogens with zero attached hydrogens (tertiary/aromatic N) is 3. The van der Waals surface area contributed by atoms with Crippen LogP contribution in [0.1, 0.15) is 11.1 Å². The van der Waals surface area contributed by atoms with Crippen LogP contribution >= 0.6 is 23.2 Å². The molecule has 28 heavy (non-hydrogen) atoms. The third kappa shape index (κ3) is 3.86. The van der Waals surface area contributed by atoms with Crippen LogP contribution in [0.5, 0.6) is 0 Å². The van der Waals surface area contributed by atoms with Crippen molar-refractivity contribution in [2.45, 2.75) is 6.42 Å². The van der Waals surface area contributed by atoms with Crippen molar-refractivity contribution in [3.63, 3.8) is 0 Å². The second kappa shape index (κ2) is 7.62. The first-order valence-corrected chi connectivity index (χ1v) is 9.38. The van der Waals surface area contributed by atoms with Crippen molar-refractivity contribution in [2.24, 2.45) is 7.05 Å². The van der Waals surface area contributed by atoms with Gasteiger partial charge in [0.1, 0.15) is 5.65 Å². The van der Waals surface area contributed by atoms with Crippen molar-refractivity contribution < 1.29 is 0 Å². The second-order valence-electron chi connectivity index (χ2n) is 6.44. The van der Waals surface area contributed by atoms with Crippen LogP contribution in [0.3, 0.4) is 0 Å². The fraction of sp³-hybridized carbons (Fsp3) is 0.0952. The SMILES string of the molecule is Cn1c(=O)c(Cc2ccc(Cl)cc2)cc2cnc(Nc3ccc(Cl)cc3)nc21. The van der Waals surface area contributed by atoms with Gasteiger partial charge in [-0.2, -0.15) is 4.98 Å². The molecule has 0 saturated heterocycles. The number of hydrogen-bond acceptors (Lipinski definition) is 4. The lowest BCUT2D eigenvalue weighted by molar-refractivity contribution is 0.863. The van der Waals surface area contributed by atoms with E-state index in [1.165, 1.54) is 0 Å². The maximum atomic E-state index is 12.8. The number of aryl methyl sites for hydroxylation is 1. The molecular weight excluding hydrogens is 395 g/mol. The molecule has 0 spiro atoms. The van der Waals surface area contributed by atoms with Gasteiger partial charge in [-0.25, -0.2) is 4.98 Å². The summed E-state index contributed by atoms with van der Waals surface area (Å²) in [7, 11) is 1.72. The van der Waals surface area contributed by atoms with Crippen LogP contribution in [-0.2, 0) is 13.5 Å². The van der Waals surface area contributed by atoms with Gasteiger partial charge in [-0.1, -0.05) is 35.3 Å². The van der Waals surface area contributed by atoms with Crippen LogP contribution < -0.4 is 10.9 Å². The number of aromatic nitrogens is 3. The van der Waals surface area contributed by atoms with Crippen LogP contribution in [0, 0.1) is 0 Å². The minimum Gasteiger partial charge on any atom is -0.324 e. The van der Waals surface area contributed by atoms with Crippen LogP contribution in [0.25, 0.3) is 11.0 Å². The van der Waals surface area contributed by atoms with E-state index < -0.39 is 0 Å². The molecule has 4 aromatic rings. The molecule has 0 amide bonds. The van der Waals surface area contributed by atoms with Crippen LogP contribution in [-0.4, -0.2) is 14.5 Å². The smallest absolute Gasteiger partial charge is 0.255 e. The molecule has 0 saturated carbocycles. The Kier molecular flexibility index (Phi) is 5.03. The number of fused-ring (bicyclic) bond motifs is 1. The van der Waals surface area contributed by atoms with Crippen molar-refractivity contribution >= 4 is 45.9 Å². The van der Waals surface area contributed by atoms with Crippen LogP contribution in [0.4, 0.5) is 11.6 Å². The quantitative estimate of drug-likeness (QED) is 0.515. The molecule has 2 heterocycles. The second-order valence-corrected chi connectivity index (χ2v) is 7.31. The summed E-state index contributed by atoms with van der Waals surface area (Å²) in [5.41, 5.74) is 2.99. The molecule has 0 unspecified atom stereocenters. The van der Waals surface area contributed by atoms with E-state index in [-0.39, 0.29) is 5.56 Å². The predicted octanol–water partition coefficient (Wildman–Crippen LogP) is 4.97. The summed E-state index contributed by atoms with van der Waals surface area (Å²) in [6, 6.07) is 16.6. The molecule has 2 aromatic heterocycles. The van der Waals surface area contributed by atoms with Crippen molar-refractivity contribution in [1.82, 2.24) is 14.5 Å². The van der Waals surface area contributed by atoms with E-state index in [1.807, 2.05) is 42.5 Å². The van der Waals surface area contributed by atoms with E-state index in [2.05, 4.69) is 15.3 Å². The van der Waals surface area contributed by atoms with Gasteiger partial charge in [0.15, 0.2) is 0 Å². The summed E-state index contributed by atoms with van der Waals surface area (Å²) in [5.74, 6) is 0.412. The zero-order valence-corrected chi connectivity index (χ0v) is 16.5. The zero-order valence-electron chi connectivity index (χ0n) is 15.0. The Morgan fingerprint density at radius 2 is 1.64 bits per heavy atom. The number of benzene rings is 2. The van der Waals surface area contributed by atoms with Gasteiger partial charge in [0.25, 0.3) is 5.56 Å². The van der Waals surface area contributed by atoms with Gasteiger partial charge in [-0.15, -0.1) is 0 Å². The zero-order chi connectivity index (χ0) is 19.7. The average Bonchev–Trinajstić information content (AvgIpc) is 2.70. The number of anilines is 2. The van der Waals surface area contributed by atoms with E-state index in [4.69, 9.17) is 23.2 Å². The molecule has 4 rings (SSSR count). The van der Waals surface area contributed by atoms with Crippen LogP contribution in [0.2, 0.25) is 10.0 Å². The highest BCUT2D eigenvalue weighted by atomic mass is 35.5. The lowest BCUT2D eigenvalue weighted by Gasteiger charge is -2.10. The molecule has 0 atom stereocenters.